The lowest BCUT2D eigenvalue weighted by Gasteiger charge is -2.38. The molecule has 0 bridgehead atoms. The van der Waals surface area contributed by atoms with Crippen LogP contribution in [-0.4, -0.2) is 65.0 Å². The molecule has 4 aromatic heterocycles. The van der Waals surface area contributed by atoms with Crippen molar-refractivity contribution in [3.63, 3.8) is 0 Å². The molecule has 12 heteroatoms. The van der Waals surface area contributed by atoms with Crippen molar-refractivity contribution in [2.24, 2.45) is 7.05 Å². The van der Waals surface area contributed by atoms with Gasteiger partial charge in [-0.15, -0.1) is 0 Å². The highest BCUT2D eigenvalue weighted by Crippen LogP contribution is 2.38. The van der Waals surface area contributed by atoms with E-state index >= 15 is 0 Å². The molecule has 1 saturated heterocycles. The molecule has 0 aromatic carbocycles. The van der Waals surface area contributed by atoms with Crippen LogP contribution in [0, 0.1) is 5.82 Å². The fraction of sp³-hybridized carbons (Fsp3) is 0.429. The smallest absolute Gasteiger partial charge is 0.257 e. The molecule has 33 heavy (non-hydrogen) atoms. The van der Waals surface area contributed by atoms with Gasteiger partial charge in [0.1, 0.15) is 29.0 Å². The number of aryl methyl sites for hydroxylation is 1. The molecule has 0 saturated carbocycles. The van der Waals surface area contributed by atoms with Crippen molar-refractivity contribution in [3.05, 3.63) is 30.3 Å². The third kappa shape index (κ3) is 3.73. The predicted molar refractivity (Wildman–Crippen MR) is 115 cm³/mol. The monoisotopic (exact) mass is 460 g/mol. The number of aliphatic hydroxyl groups excluding tert-OH is 1. The number of piperidine rings is 1. The quantitative estimate of drug-likeness (QED) is 0.475. The molecule has 0 aliphatic carbocycles. The lowest BCUT2D eigenvalue weighted by atomic mass is 9.99. The molecule has 1 aliphatic rings. The minimum absolute atomic E-state index is 0.0749. The van der Waals surface area contributed by atoms with Crippen LogP contribution in [0.4, 0.5) is 18.9 Å². The zero-order valence-corrected chi connectivity index (χ0v) is 18.1. The van der Waals surface area contributed by atoms with Crippen molar-refractivity contribution in [1.82, 2.24) is 34.7 Å². The van der Waals surface area contributed by atoms with E-state index in [4.69, 9.17) is 0 Å². The molecule has 0 spiro atoms. The number of aromatic nitrogens is 7. The number of hydrogen-bond acceptors (Lipinski definition) is 6. The Labute approximate surface area is 186 Å². The van der Waals surface area contributed by atoms with E-state index in [0.717, 1.165) is 6.20 Å². The Morgan fingerprint density at radius 1 is 1.33 bits per heavy atom. The molecule has 1 aliphatic heterocycles. The number of alkyl halides is 2. The van der Waals surface area contributed by atoms with Crippen LogP contribution in [0.25, 0.3) is 33.8 Å². The number of hydrogen-bond donors (Lipinski definition) is 2. The fourth-order valence-corrected chi connectivity index (χ4v) is 4.54. The van der Waals surface area contributed by atoms with E-state index in [9.17, 15) is 18.3 Å². The van der Waals surface area contributed by atoms with Crippen LogP contribution >= 0.6 is 0 Å². The Hall–Kier alpha value is -3.41. The summed E-state index contributed by atoms with van der Waals surface area (Å²) in [6.45, 7) is 1.85. The second kappa shape index (κ2) is 8.18. The van der Waals surface area contributed by atoms with Crippen molar-refractivity contribution in [3.8, 4) is 22.8 Å². The molecular formula is C21H23F3N8O. The van der Waals surface area contributed by atoms with E-state index < -0.39 is 24.9 Å². The topological polar surface area (TPSA) is 101 Å². The minimum Gasteiger partial charge on any atom is -0.393 e. The van der Waals surface area contributed by atoms with Gasteiger partial charge in [-0.1, -0.05) is 0 Å². The molecule has 0 amide bonds. The molecule has 1 fully saturated rings. The maximum atomic E-state index is 14.6. The number of halogens is 3. The summed E-state index contributed by atoms with van der Waals surface area (Å²) >= 11 is 0. The number of nitrogens with one attached hydrogen (secondary N) is 1. The maximum absolute atomic E-state index is 14.6. The van der Waals surface area contributed by atoms with Crippen molar-refractivity contribution in [1.29, 1.82) is 0 Å². The van der Waals surface area contributed by atoms with Crippen LogP contribution in [0.15, 0.2) is 24.5 Å². The van der Waals surface area contributed by atoms with E-state index in [-0.39, 0.29) is 11.7 Å². The molecule has 0 unspecified atom stereocenters. The zero-order valence-electron chi connectivity index (χ0n) is 18.1. The van der Waals surface area contributed by atoms with Crippen LogP contribution < -0.4 is 4.90 Å². The van der Waals surface area contributed by atoms with Gasteiger partial charge in [-0.3, -0.25) is 14.5 Å². The first kappa shape index (κ1) is 21.4. The van der Waals surface area contributed by atoms with Crippen LogP contribution in [-0.2, 0) is 13.6 Å². The number of H-pyrrole nitrogens is 1. The third-order valence-corrected chi connectivity index (χ3v) is 6.04. The third-order valence-electron chi connectivity index (χ3n) is 6.04. The first-order valence-corrected chi connectivity index (χ1v) is 10.7. The second-order valence-electron chi connectivity index (χ2n) is 8.30. The summed E-state index contributed by atoms with van der Waals surface area (Å²) in [5.41, 5.74) is 2.73. The van der Waals surface area contributed by atoms with Crippen molar-refractivity contribution in [2.75, 3.05) is 11.4 Å². The number of rotatable bonds is 5. The molecule has 0 radical (unpaired) electrons. The Kier molecular flexibility index (Phi) is 5.31. The Morgan fingerprint density at radius 3 is 2.79 bits per heavy atom. The average Bonchev–Trinajstić information content (AvgIpc) is 3.47. The van der Waals surface area contributed by atoms with Gasteiger partial charge in [0, 0.05) is 25.8 Å². The number of aliphatic hydroxyl groups is 1. The summed E-state index contributed by atoms with van der Waals surface area (Å²) < 4.78 is 44.3. The zero-order chi connectivity index (χ0) is 23.3. The standard InChI is InChI=1S/C21H23F3N8O/c1-11-7-12(33)4-6-31(11)16-8-15(20-13(22)9-26-30(20)2)27-19-18(14-3-5-25-28-14)29-32(21(16)19)10-17(23)24/h3,5,8-9,11-12,17,33H,4,6-7,10H2,1-2H3,(H,25,28)/t11-,12-/m1/s1. The number of anilines is 1. The van der Waals surface area contributed by atoms with Gasteiger partial charge in [0.25, 0.3) is 6.43 Å². The van der Waals surface area contributed by atoms with Gasteiger partial charge in [-0.05, 0) is 31.9 Å². The highest BCUT2D eigenvalue weighted by Gasteiger charge is 2.30. The summed E-state index contributed by atoms with van der Waals surface area (Å²) in [5, 5.41) is 25.3. The normalized spacial score (nSPS) is 19.2. The SMILES string of the molecule is C[C@@H]1C[C@H](O)CCN1c1cc(-c2c(F)cnn2C)nc2c(-c3ccn[nH]3)nn(CC(F)F)c12. The van der Waals surface area contributed by atoms with Crippen LogP contribution in [0.3, 0.4) is 0 Å². The number of aromatic amines is 1. The van der Waals surface area contributed by atoms with Crippen molar-refractivity contribution >= 4 is 16.7 Å². The Bertz CT molecular complexity index is 1260. The van der Waals surface area contributed by atoms with Crippen LogP contribution in [0.2, 0.25) is 0 Å². The molecule has 174 valence electrons. The van der Waals surface area contributed by atoms with E-state index in [0.29, 0.717) is 53.2 Å². The summed E-state index contributed by atoms with van der Waals surface area (Å²) in [6, 6.07) is 3.29. The summed E-state index contributed by atoms with van der Waals surface area (Å²) in [6.07, 6.45) is 0.624. The lowest BCUT2D eigenvalue weighted by Crippen LogP contribution is -2.43. The van der Waals surface area contributed by atoms with Gasteiger partial charge < -0.3 is 10.0 Å². The highest BCUT2D eigenvalue weighted by molar-refractivity contribution is 5.99. The fourth-order valence-electron chi connectivity index (χ4n) is 4.54. The van der Waals surface area contributed by atoms with Gasteiger partial charge in [0.15, 0.2) is 5.82 Å². The summed E-state index contributed by atoms with van der Waals surface area (Å²) in [4.78, 5) is 6.70. The first-order valence-electron chi connectivity index (χ1n) is 10.7. The second-order valence-corrected chi connectivity index (χ2v) is 8.30. The van der Waals surface area contributed by atoms with Gasteiger partial charge in [-0.2, -0.15) is 15.3 Å². The predicted octanol–water partition coefficient (Wildman–Crippen LogP) is 2.98. The molecule has 9 nitrogen and oxygen atoms in total. The van der Waals surface area contributed by atoms with E-state index in [1.54, 1.807) is 19.2 Å². The molecule has 5 rings (SSSR count). The molecule has 5 heterocycles. The van der Waals surface area contributed by atoms with Crippen LogP contribution in [0.5, 0.6) is 0 Å². The summed E-state index contributed by atoms with van der Waals surface area (Å²) in [5.74, 6) is -0.541. The highest BCUT2D eigenvalue weighted by atomic mass is 19.3. The first-order chi connectivity index (χ1) is 15.8. The largest absolute Gasteiger partial charge is 0.393 e. The van der Waals surface area contributed by atoms with Gasteiger partial charge >= 0.3 is 0 Å². The molecule has 4 aromatic rings. The average molecular weight is 460 g/mol. The molecule has 2 atom stereocenters. The number of nitrogens with zero attached hydrogens (tertiary/aromatic N) is 7. The van der Waals surface area contributed by atoms with Crippen LogP contribution in [0.1, 0.15) is 19.8 Å². The van der Waals surface area contributed by atoms with Crippen molar-refractivity contribution < 1.29 is 18.3 Å². The summed E-state index contributed by atoms with van der Waals surface area (Å²) in [7, 11) is 1.61. The maximum Gasteiger partial charge on any atom is 0.257 e. The number of pyridine rings is 1. The lowest BCUT2D eigenvalue weighted by molar-refractivity contribution is 0.123. The number of fused-ring (bicyclic) bond motifs is 1. The Morgan fingerprint density at radius 2 is 2.15 bits per heavy atom. The molecular weight excluding hydrogens is 437 g/mol. The van der Waals surface area contributed by atoms with Gasteiger partial charge in [0.2, 0.25) is 0 Å². The minimum atomic E-state index is -2.63. The van der Waals surface area contributed by atoms with Gasteiger partial charge in [-0.25, -0.2) is 18.2 Å². The van der Waals surface area contributed by atoms with Crippen molar-refractivity contribution in [2.45, 2.75) is 44.9 Å². The van der Waals surface area contributed by atoms with E-state index in [1.807, 2.05) is 11.8 Å². The molecule has 2 N–H and O–H groups in total. The van der Waals surface area contributed by atoms with Gasteiger partial charge in [0.05, 0.1) is 29.4 Å². The van der Waals surface area contributed by atoms with E-state index in [2.05, 4.69) is 25.4 Å². The Balaban J connectivity index is 1.82. The van der Waals surface area contributed by atoms with E-state index in [1.165, 1.54) is 15.6 Å².